The van der Waals surface area contributed by atoms with Gasteiger partial charge in [0.05, 0.1) is 6.04 Å². The second-order valence-electron chi connectivity index (χ2n) is 3.65. The summed E-state index contributed by atoms with van der Waals surface area (Å²) in [5, 5.41) is 0. The van der Waals surface area contributed by atoms with Crippen molar-refractivity contribution in [1.82, 2.24) is 5.43 Å². The van der Waals surface area contributed by atoms with Crippen LogP contribution in [0.25, 0.3) is 0 Å². The van der Waals surface area contributed by atoms with Crippen LogP contribution in [-0.4, -0.2) is 0 Å². The molecule has 0 saturated heterocycles. The fourth-order valence-corrected chi connectivity index (χ4v) is 1.45. The number of hydrazine groups is 1. The summed E-state index contributed by atoms with van der Waals surface area (Å²) in [5.74, 6) is 5.08. The lowest BCUT2D eigenvalue weighted by Crippen LogP contribution is -2.28. The topological polar surface area (TPSA) is 64.1 Å². The second-order valence-corrected chi connectivity index (χ2v) is 3.65. The predicted octanol–water partition coefficient (Wildman–Crippen LogP) is 1.88. The Labute approximate surface area is 88.9 Å². The Bertz CT molecular complexity index is 363. The average Bonchev–Trinajstić information content (AvgIpc) is 2.18. The van der Waals surface area contributed by atoms with Gasteiger partial charge in [0.1, 0.15) is 5.82 Å². The molecule has 15 heavy (non-hydrogen) atoms. The molecule has 1 aromatic carbocycles. The summed E-state index contributed by atoms with van der Waals surface area (Å²) in [6, 6.07) is 4.06. The monoisotopic (exact) mass is 209 g/mol. The average molecular weight is 209 g/mol. The fraction of sp³-hybridized carbons (Fsp3) is 0.273. The third-order valence-corrected chi connectivity index (χ3v) is 2.18. The van der Waals surface area contributed by atoms with E-state index in [1.165, 1.54) is 18.2 Å². The minimum Gasteiger partial charge on any atom is -0.398 e. The van der Waals surface area contributed by atoms with Gasteiger partial charge in [0.15, 0.2) is 0 Å². The van der Waals surface area contributed by atoms with Crippen molar-refractivity contribution >= 4 is 5.69 Å². The van der Waals surface area contributed by atoms with Crippen LogP contribution in [0.5, 0.6) is 0 Å². The summed E-state index contributed by atoms with van der Waals surface area (Å²) in [7, 11) is 0. The third-order valence-electron chi connectivity index (χ3n) is 2.18. The van der Waals surface area contributed by atoms with Gasteiger partial charge in [-0.1, -0.05) is 5.57 Å². The van der Waals surface area contributed by atoms with Crippen LogP contribution < -0.4 is 17.0 Å². The van der Waals surface area contributed by atoms with E-state index in [1.807, 2.05) is 6.92 Å². The summed E-state index contributed by atoms with van der Waals surface area (Å²) in [5.41, 5.74) is 10.5. The van der Waals surface area contributed by atoms with Crippen LogP contribution >= 0.6 is 0 Å². The zero-order valence-electron chi connectivity index (χ0n) is 8.76. The van der Waals surface area contributed by atoms with E-state index in [0.717, 1.165) is 5.57 Å². The molecule has 1 atom stereocenters. The van der Waals surface area contributed by atoms with Crippen molar-refractivity contribution in [3.05, 3.63) is 41.7 Å². The Hall–Kier alpha value is -1.39. The molecule has 3 nitrogen and oxygen atoms in total. The first-order chi connectivity index (χ1) is 7.04. The molecule has 5 N–H and O–H groups in total. The minimum absolute atomic E-state index is 0.196. The summed E-state index contributed by atoms with van der Waals surface area (Å²) < 4.78 is 13.0. The fourth-order valence-electron chi connectivity index (χ4n) is 1.45. The molecule has 0 bridgehead atoms. The number of nitrogen functional groups attached to an aromatic ring is 1. The predicted molar refractivity (Wildman–Crippen MR) is 60.3 cm³/mol. The molecule has 0 spiro atoms. The SMILES string of the molecule is C=C(C)CC(NN)c1cc(F)ccc1N. The third kappa shape index (κ3) is 3.04. The summed E-state index contributed by atoms with van der Waals surface area (Å²) >= 11 is 0. The number of hydrogen-bond acceptors (Lipinski definition) is 3. The van der Waals surface area contributed by atoms with E-state index in [2.05, 4.69) is 12.0 Å². The molecule has 0 aliphatic rings. The molecule has 0 aliphatic heterocycles. The molecule has 82 valence electrons. The Kier molecular flexibility index (Phi) is 3.82. The van der Waals surface area contributed by atoms with E-state index in [0.29, 0.717) is 17.7 Å². The molecule has 4 heteroatoms. The van der Waals surface area contributed by atoms with Gasteiger partial charge in [-0.15, -0.1) is 6.58 Å². The van der Waals surface area contributed by atoms with Gasteiger partial charge in [-0.3, -0.25) is 11.3 Å². The highest BCUT2D eigenvalue weighted by Gasteiger charge is 2.13. The first kappa shape index (κ1) is 11.7. The van der Waals surface area contributed by atoms with Crippen LogP contribution in [0.2, 0.25) is 0 Å². The number of anilines is 1. The first-order valence-electron chi connectivity index (χ1n) is 4.70. The van der Waals surface area contributed by atoms with Gasteiger partial charge in [-0.05, 0) is 37.1 Å². The smallest absolute Gasteiger partial charge is 0.123 e. The standard InChI is InChI=1S/C11H16FN3/c1-7(2)5-11(15-14)9-6-8(12)3-4-10(9)13/h3-4,6,11,15H,1,5,13-14H2,2H3. The van der Waals surface area contributed by atoms with Crippen molar-refractivity contribution in [1.29, 1.82) is 0 Å². The van der Waals surface area contributed by atoms with E-state index in [1.54, 1.807) is 0 Å². The number of nitrogens with one attached hydrogen (secondary N) is 1. The Balaban J connectivity index is 3.00. The maximum atomic E-state index is 13.0. The highest BCUT2D eigenvalue weighted by atomic mass is 19.1. The molecule has 0 heterocycles. The van der Waals surface area contributed by atoms with E-state index in [4.69, 9.17) is 11.6 Å². The van der Waals surface area contributed by atoms with Crippen LogP contribution in [0, 0.1) is 5.82 Å². The summed E-state index contributed by atoms with van der Waals surface area (Å²) in [4.78, 5) is 0. The summed E-state index contributed by atoms with van der Waals surface area (Å²) in [6.07, 6.45) is 0.629. The molecule has 1 aromatic rings. The minimum atomic E-state index is -0.318. The molecular weight excluding hydrogens is 193 g/mol. The van der Waals surface area contributed by atoms with Crippen LogP contribution in [-0.2, 0) is 0 Å². The Morgan fingerprint density at radius 3 is 2.80 bits per heavy atom. The van der Waals surface area contributed by atoms with E-state index in [9.17, 15) is 4.39 Å². The number of benzene rings is 1. The molecule has 1 rings (SSSR count). The van der Waals surface area contributed by atoms with E-state index < -0.39 is 0 Å². The first-order valence-corrected chi connectivity index (χ1v) is 4.70. The van der Waals surface area contributed by atoms with Crippen molar-refractivity contribution < 1.29 is 4.39 Å². The Morgan fingerprint density at radius 1 is 1.60 bits per heavy atom. The van der Waals surface area contributed by atoms with Crippen molar-refractivity contribution in [2.24, 2.45) is 5.84 Å². The van der Waals surface area contributed by atoms with Crippen LogP contribution in [0.15, 0.2) is 30.4 Å². The number of nitrogens with two attached hydrogens (primary N) is 2. The van der Waals surface area contributed by atoms with Crippen LogP contribution in [0.3, 0.4) is 0 Å². The maximum Gasteiger partial charge on any atom is 0.123 e. The molecule has 0 aliphatic carbocycles. The van der Waals surface area contributed by atoms with Crippen LogP contribution in [0.4, 0.5) is 10.1 Å². The number of halogens is 1. The molecule has 0 fully saturated rings. The molecule has 0 amide bonds. The molecule has 0 aromatic heterocycles. The van der Waals surface area contributed by atoms with Crippen molar-refractivity contribution in [2.75, 3.05) is 5.73 Å². The van der Waals surface area contributed by atoms with Crippen molar-refractivity contribution in [3.63, 3.8) is 0 Å². The van der Waals surface area contributed by atoms with Gasteiger partial charge >= 0.3 is 0 Å². The highest BCUT2D eigenvalue weighted by Crippen LogP contribution is 2.25. The largest absolute Gasteiger partial charge is 0.398 e. The van der Waals surface area contributed by atoms with Crippen LogP contribution in [0.1, 0.15) is 24.9 Å². The van der Waals surface area contributed by atoms with Gasteiger partial charge in [-0.2, -0.15) is 0 Å². The van der Waals surface area contributed by atoms with E-state index >= 15 is 0 Å². The lowest BCUT2D eigenvalue weighted by molar-refractivity contribution is 0.544. The zero-order chi connectivity index (χ0) is 11.4. The lowest BCUT2D eigenvalue weighted by atomic mass is 9.99. The van der Waals surface area contributed by atoms with Crippen molar-refractivity contribution in [3.8, 4) is 0 Å². The summed E-state index contributed by atoms with van der Waals surface area (Å²) in [6.45, 7) is 5.68. The molecule has 0 saturated carbocycles. The number of hydrogen-bond donors (Lipinski definition) is 3. The van der Waals surface area contributed by atoms with Crippen molar-refractivity contribution in [2.45, 2.75) is 19.4 Å². The highest BCUT2D eigenvalue weighted by molar-refractivity contribution is 5.48. The molecular formula is C11H16FN3. The molecule has 0 radical (unpaired) electrons. The van der Waals surface area contributed by atoms with Gasteiger partial charge in [-0.25, -0.2) is 4.39 Å². The quantitative estimate of drug-likeness (QED) is 0.307. The van der Waals surface area contributed by atoms with Gasteiger partial charge in [0, 0.05) is 5.69 Å². The normalized spacial score (nSPS) is 12.5. The lowest BCUT2D eigenvalue weighted by Gasteiger charge is -2.18. The second kappa shape index (κ2) is 4.91. The maximum absolute atomic E-state index is 13.0. The molecule has 1 unspecified atom stereocenters. The zero-order valence-corrected chi connectivity index (χ0v) is 8.76. The van der Waals surface area contributed by atoms with Gasteiger partial charge in [0.2, 0.25) is 0 Å². The van der Waals surface area contributed by atoms with Gasteiger partial charge in [0.25, 0.3) is 0 Å². The number of rotatable bonds is 4. The van der Waals surface area contributed by atoms with E-state index in [-0.39, 0.29) is 11.9 Å². The van der Waals surface area contributed by atoms with Gasteiger partial charge < -0.3 is 5.73 Å². The Morgan fingerprint density at radius 2 is 2.27 bits per heavy atom.